The van der Waals surface area contributed by atoms with Gasteiger partial charge in [-0.05, 0) is 50.0 Å². The summed E-state index contributed by atoms with van der Waals surface area (Å²) in [6, 6.07) is 8.81. The van der Waals surface area contributed by atoms with E-state index in [-0.39, 0.29) is 0 Å². The summed E-state index contributed by atoms with van der Waals surface area (Å²) in [5.41, 5.74) is 1.33. The molecule has 1 saturated heterocycles. The van der Waals surface area contributed by atoms with E-state index in [1.165, 1.54) is 31.4 Å². The quantitative estimate of drug-likeness (QED) is 0.887. The molecule has 0 aromatic heterocycles. The first-order valence-corrected chi connectivity index (χ1v) is 7.71. The molecule has 0 radical (unpaired) electrons. The van der Waals surface area contributed by atoms with Crippen LogP contribution in [0.25, 0.3) is 0 Å². The number of nitrogens with one attached hydrogen (secondary N) is 1. The Morgan fingerprint density at radius 1 is 1.32 bits per heavy atom. The molecule has 19 heavy (non-hydrogen) atoms. The largest absolute Gasteiger partial charge is 0.313 e. The molecule has 2 nitrogen and oxygen atoms in total. The normalized spacial score (nSPS) is 23.8. The zero-order chi connectivity index (χ0) is 13.7. The van der Waals surface area contributed by atoms with E-state index in [1.807, 2.05) is 12.1 Å². The van der Waals surface area contributed by atoms with Crippen molar-refractivity contribution in [3.05, 3.63) is 34.9 Å². The molecule has 2 unspecified atom stereocenters. The van der Waals surface area contributed by atoms with Crippen LogP contribution in [-0.4, -0.2) is 31.1 Å². The lowest BCUT2D eigenvalue weighted by molar-refractivity contribution is 0.220. The summed E-state index contributed by atoms with van der Waals surface area (Å²) in [5.74, 6) is 0.912. The molecular formula is C16H25ClN2. The van der Waals surface area contributed by atoms with Crippen molar-refractivity contribution >= 4 is 11.6 Å². The fourth-order valence-electron chi connectivity index (χ4n) is 2.95. The zero-order valence-electron chi connectivity index (χ0n) is 12.0. The van der Waals surface area contributed by atoms with Crippen molar-refractivity contribution < 1.29 is 0 Å². The Balaban J connectivity index is 1.80. The Morgan fingerprint density at radius 3 is 2.74 bits per heavy atom. The van der Waals surface area contributed by atoms with E-state index in [1.54, 1.807) is 0 Å². The number of halogens is 1. The van der Waals surface area contributed by atoms with Crippen molar-refractivity contribution in [3.63, 3.8) is 0 Å². The highest BCUT2D eigenvalue weighted by Gasteiger charge is 2.21. The van der Waals surface area contributed by atoms with Gasteiger partial charge in [0.05, 0.1) is 0 Å². The van der Waals surface area contributed by atoms with Crippen LogP contribution in [0.4, 0.5) is 0 Å². The maximum absolute atomic E-state index is 5.91. The molecular weight excluding hydrogens is 256 g/mol. The number of hydrogen-bond acceptors (Lipinski definition) is 2. The highest BCUT2D eigenvalue weighted by Crippen LogP contribution is 2.20. The Hall–Kier alpha value is -0.570. The summed E-state index contributed by atoms with van der Waals surface area (Å²) in [6.07, 6.45) is 3.98. The number of nitrogens with zero attached hydrogens (tertiary/aromatic N) is 1. The van der Waals surface area contributed by atoms with Gasteiger partial charge in [-0.25, -0.2) is 0 Å². The highest BCUT2D eigenvalue weighted by molar-refractivity contribution is 6.30. The standard InChI is InChI=1S/C16H25ClN2/c1-3-13-8-9-18-16(10-13)12-19(2)11-14-4-6-15(17)7-5-14/h4-7,13,16,18H,3,8-12H2,1-2H3. The lowest BCUT2D eigenvalue weighted by Gasteiger charge is -2.32. The summed E-state index contributed by atoms with van der Waals surface area (Å²) >= 11 is 5.91. The van der Waals surface area contributed by atoms with Gasteiger partial charge in [-0.15, -0.1) is 0 Å². The third-order valence-electron chi connectivity index (χ3n) is 4.08. The average Bonchev–Trinajstić information content (AvgIpc) is 2.41. The predicted octanol–water partition coefficient (Wildman–Crippen LogP) is 3.55. The average molecular weight is 281 g/mol. The lowest BCUT2D eigenvalue weighted by atomic mass is 9.90. The van der Waals surface area contributed by atoms with E-state index in [9.17, 15) is 0 Å². The topological polar surface area (TPSA) is 15.3 Å². The second-order valence-electron chi connectivity index (χ2n) is 5.77. The summed E-state index contributed by atoms with van der Waals surface area (Å²) in [5, 5.41) is 4.46. The molecule has 2 rings (SSSR count). The summed E-state index contributed by atoms with van der Waals surface area (Å²) < 4.78 is 0. The van der Waals surface area contributed by atoms with E-state index in [2.05, 4.69) is 36.3 Å². The molecule has 0 aliphatic carbocycles. The smallest absolute Gasteiger partial charge is 0.0406 e. The van der Waals surface area contributed by atoms with Crippen LogP contribution in [0.3, 0.4) is 0 Å². The van der Waals surface area contributed by atoms with Crippen molar-refractivity contribution in [1.29, 1.82) is 0 Å². The Morgan fingerprint density at radius 2 is 2.05 bits per heavy atom. The van der Waals surface area contributed by atoms with E-state index < -0.39 is 0 Å². The Bertz CT molecular complexity index is 377. The van der Waals surface area contributed by atoms with Crippen molar-refractivity contribution in [3.8, 4) is 0 Å². The van der Waals surface area contributed by atoms with Crippen molar-refractivity contribution in [2.75, 3.05) is 20.1 Å². The van der Waals surface area contributed by atoms with Crippen molar-refractivity contribution in [2.24, 2.45) is 5.92 Å². The van der Waals surface area contributed by atoms with Gasteiger partial charge in [-0.2, -0.15) is 0 Å². The minimum atomic E-state index is 0.649. The fraction of sp³-hybridized carbons (Fsp3) is 0.625. The number of rotatable bonds is 5. The number of hydrogen-bond donors (Lipinski definition) is 1. The number of likely N-dealkylation sites (N-methyl/N-ethyl adjacent to an activating group) is 1. The van der Waals surface area contributed by atoms with Crippen LogP contribution in [0.5, 0.6) is 0 Å². The van der Waals surface area contributed by atoms with Gasteiger partial charge in [0.25, 0.3) is 0 Å². The molecule has 2 atom stereocenters. The van der Waals surface area contributed by atoms with Crippen LogP contribution < -0.4 is 5.32 Å². The van der Waals surface area contributed by atoms with Gasteiger partial charge in [-0.1, -0.05) is 37.1 Å². The Labute approximate surface area is 122 Å². The minimum Gasteiger partial charge on any atom is -0.313 e. The van der Waals surface area contributed by atoms with Gasteiger partial charge in [0.2, 0.25) is 0 Å². The second kappa shape index (κ2) is 7.28. The molecule has 0 bridgehead atoms. The van der Waals surface area contributed by atoms with Gasteiger partial charge in [0, 0.05) is 24.2 Å². The molecule has 1 aliphatic heterocycles. The first-order chi connectivity index (χ1) is 9.17. The monoisotopic (exact) mass is 280 g/mol. The van der Waals surface area contributed by atoms with Crippen LogP contribution in [0.2, 0.25) is 5.02 Å². The molecule has 106 valence electrons. The van der Waals surface area contributed by atoms with Gasteiger partial charge < -0.3 is 10.2 Å². The number of benzene rings is 1. The highest BCUT2D eigenvalue weighted by atomic mass is 35.5. The van der Waals surface area contributed by atoms with E-state index in [4.69, 9.17) is 11.6 Å². The summed E-state index contributed by atoms with van der Waals surface area (Å²) in [7, 11) is 2.20. The third-order valence-corrected chi connectivity index (χ3v) is 4.33. The van der Waals surface area contributed by atoms with Gasteiger partial charge in [0.15, 0.2) is 0 Å². The molecule has 1 N–H and O–H groups in total. The van der Waals surface area contributed by atoms with Crippen LogP contribution in [0, 0.1) is 5.92 Å². The van der Waals surface area contributed by atoms with Gasteiger partial charge >= 0.3 is 0 Å². The second-order valence-corrected chi connectivity index (χ2v) is 6.21. The molecule has 3 heteroatoms. The summed E-state index contributed by atoms with van der Waals surface area (Å²) in [6.45, 7) is 5.60. The van der Waals surface area contributed by atoms with Crippen LogP contribution >= 0.6 is 11.6 Å². The molecule has 0 spiro atoms. The molecule has 0 amide bonds. The fourth-order valence-corrected chi connectivity index (χ4v) is 3.07. The SMILES string of the molecule is CCC1CCNC(CN(C)Cc2ccc(Cl)cc2)C1. The number of piperidine rings is 1. The van der Waals surface area contributed by atoms with Gasteiger partial charge in [0.1, 0.15) is 0 Å². The molecule has 0 saturated carbocycles. The molecule has 1 fully saturated rings. The Kier molecular flexibility index (Phi) is 5.68. The molecule has 1 aliphatic rings. The molecule has 1 aromatic rings. The van der Waals surface area contributed by atoms with Crippen LogP contribution in [0.1, 0.15) is 31.7 Å². The summed E-state index contributed by atoms with van der Waals surface area (Å²) in [4.78, 5) is 2.40. The molecule has 1 heterocycles. The minimum absolute atomic E-state index is 0.649. The maximum atomic E-state index is 5.91. The van der Waals surface area contributed by atoms with Crippen molar-refractivity contribution in [1.82, 2.24) is 10.2 Å². The lowest BCUT2D eigenvalue weighted by Crippen LogP contribution is -2.44. The maximum Gasteiger partial charge on any atom is 0.0406 e. The van der Waals surface area contributed by atoms with Crippen molar-refractivity contribution in [2.45, 2.75) is 38.8 Å². The van der Waals surface area contributed by atoms with E-state index >= 15 is 0 Å². The van der Waals surface area contributed by atoms with E-state index in [0.717, 1.165) is 24.0 Å². The first kappa shape index (κ1) is 14.8. The van der Waals surface area contributed by atoms with E-state index in [0.29, 0.717) is 6.04 Å². The zero-order valence-corrected chi connectivity index (χ0v) is 12.8. The van der Waals surface area contributed by atoms with Crippen LogP contribution in [0.15, 0.2) is 24.3 Å². The third kappa shape index (κ3) is 4.79. The first-order valence-electron chi connectivity index (χ1n) is 7.33. The van der Waals surface area contributed by atoms with Crippen LogP contribution in [-0.2, 0) is 6.54 Å². The predicted molar refractivity (Wildman–Crippen MR) is 82.6 cm³/mol. The van der Waals surface area contributed by atoms with Gasteiger partial charge in [-0.3, -0.25) is 0 Å². The molecule has 1 aromatic carbocycles.